The number of carbonyl (C=O) groups excluding carboxylic acids is 1. The molecule has 1 aromatic carbocycles. The van der Waals surface area contributed by atoms with E-state index in [1.165, 1.54) is 32.0 Å². The van der Waals surface area contributed by atoms with Gasteiger partial charge in [-0.2, -0.15) is 0 Å². The lowest BCUT2D eigenvalue weighted by molar-refractivity contribution is -0.384. The number of carboxylic acid groups (broad SMARTS) is 2. The van der Waals surface area contributed by atoms with Crippen molar-refractivity contribution >= 4 is 23.5 Å². The Morgan fingerprint density at radius 3 is 2.32 bits per heavy atom. The van der Waals surface area contributed by atoms with Crippen molar-refractivity contribution < 1.29 is 29.5 Å². The molecule has 1 unspecified atom stereocenters. The van der Waals surface area contributed by atoms with Gasteiger partial charge in [-0.15, -0.1) is 0 Å². The van der Waals surface area contributed by atoms with E-state index in [9.17, 15) is 34.7 Å². The lowest BCUT2D eigenvalue weighted by Crippen LogP contribution is -2.46. The van der Waals surface area contributed by atoms with Crippen molar-refractivity contribution in [2.45, 2.75) is 39.2 Å². The third-order valence-electron chi connectivity index (χ3n) is 4.03. The molecule has 0 bridgehead atoms. The van der Waals surface area contributed by atoms with Gasteiger partial charge in [-0.3, -0.25) is 24.5 Å². The van der Waals surface area contributed by atoms with Crippen LogP contribution in [-0.4, -0.2) is 39.0 Å². The summed E-state index contributed by atoms with van der Waals surface area (Å²) < 4.78 is 0. The van der Waals surface area contributed by atoms with Gasteiger partial charge in [0.2, 0.25) is 5.91 Å². The Kier molecular flexibility index (Phi) is 6.60. The number of hydrogen-bond acceptors (Lipinski definition) is 5. The second kappa shape index (κ2) is 8.22. The van der Waals surface area contributed by atoms with Gasteiger partial charge in [0, 0.05) is 25.1 Å². The first-order chi connectivity index (χ1) is 11.6. The molecular weight excluding hydrogens is 332 g/mol. The first-order valence-electron chi connectivity index (χ1n) is 7.59. The lowest BCUT2D eigenvalue weighted by Gasteiger charge is -2.29. The van der Waals surface area contributed by atoms with E-state index in [4.69, 9.17) is 0 Å². The molecule has 1 atom stereocenters. The van der Waals surface area contributed by atoms with Crippen LogP contribution in [0.5, 0.6) is 0 Å². The van der Waals surface area contributed by atoms with Gasteiger partial charge in [-0.05, 0) is 24.8 Å². The number of hydrogen-bond donors (Lipinski definition) is 3. The third-order valence-corrected chi connectivity index (χ3v) is 4.03. The summed E-state index contributed by atoms with van der Waals surface area (Å²) in [5.41, 5.74) is -1.69. The van der Waals surface area contributed by atoms with Gasteiger partial charge < -0.3 is 15.5 Å². The standard InChI is InChI=1S/C16H20N2O7/c1-3-16(14(20)21,15(22)23)9-12(17-10(2)19)7-11-5-4-6-13(8-11)18(24)25/h4-6,8,12H,3,7,9H2,1-2H3,(H,17,19)(H,20,21)(H,22,23). The summed E-state index contributed by atoms with van der Waals surface area (Å²) in [4.78, 5) is 44.8. The minimum absolute atomic E-state index is 0.0730. The van der Waals surface area contributed by atoms with Gasteiger partial charge >= 0.3 is 11.9 Å². The molecule has 0 saturated carbocycles. The first-order valence-corrected chi connectivity index (χ1v) is 7.59. The normalized spacial score (nSPS) is 12.2. The van der Waals surface area contributed by atoms with E-state index in [1.807, 2.05) is 0 Å². The maximum absolute atomic E-state index is 11.5. The molecule has 9 heteroatoms. The number of nitro benzene ring substituents is 1. The molecule has 0 spiro atoms. The molecule has 0 aliphatic rings. The molecule has 25 heavy (non-hydrogen) atoms. The summed E-state index contributed by atoms with van der Waals surface area (Å²) in [7, 11) is 0. The van der Waals surface area contributed by atoms with Crippen LogP contribution < -0.4 is 5.32 Å². The van der Waals surface area contributed by atoms with E-state index in [1.54, 1.807) is 6.07 Å². The largest absolute Gasteiger partial charge is 0.480 e. The molecule has 3 N–H and O–H groups in total. The van der Waals surface area contributed by atoms with E-state index in [0.29, 0.717) is 5.56 Å². The predicted octanol–water partition coefficient (Wildman–Crippen LogP) is 1.60. The Balaban J connectivity index is 3.14. The summed E-state index contributed by atoms with van der Waals surface area (Å²) in [6.07, 6.45) is -0.428. The summed E-state index contributed by atoms with van der Waals surface area (Å²) in [5.74, 6) is -3.43. The topological polar surface area (TPSA) is 147 Å². The van der Waals surface area contributed by atoms with Gasteiger partial charge in [-0.1, -0.05) is 19.1 Å². The number of rotatable bonds is 9. The highest BCUT2D eigenvalue weighted by molar-refractivity contribution is 5.98. The fraction of sp³-hybridized carbons (Fsp3) is 0.438. The van der Waals surface area contributed by atoms with Crippen molar-refractivity contribution in [1.82, 2.24) is 5.32 Å². The molecule has 1 rings (SSSR count). The van der Waals surface area contributed by atoms with Gasteiger partial charge in [0.1, 0.15) is 0 Å². The molecule has 1 amide bonds. The van der Waals surface area contributed by atoms with Gasteiger partial charge in [0.15, 0.2) is 5.41 Å². The van der Waals surface area contributed by atoms with Crippen LogP contribution >= 0.6 is 0 Å². The zero-order valence-corrected chi connectivity index (χ0v) is 13.9. The molecule has 0 saturated heterocycles. The quantitative estimate of drug-likeness (QED) is 0.347. The summed E-state index contributed by atoms with van der Waals surface area (Å²) in [6, 6.07) is 4.88. The van der Waals surface area contributed by atoms with Crippen molar-refractivity contribution in [3.63, 3.8) is 0 Å². The van der Waals surface area contributed by atoms with Gasteiger partial charge in [0.25, 0.3) is 5.69 Å². The molecule has 0 aliphatic carbocycles. The van der Waals surface area contributed by atoms with Crippen molar-refractivity contribution in [2.75, 3.05) is 0 Å². The Bertz CT molecular complexity index is 673. The summed E-state index contributed by atoms with van der Waals surface area (Å²) in [6.45, 7) is 2.68. The van der Waals surface area contributed by atoms with Crippen molar-refractivity contribution in [1.29, 1.82) is 0 Å². The van der Waals surface area contributed by atoms with Gasteiger partial charge in [0.05, 0.1) is 4.92 Å². The van der Waals surface area contributed by atoms with E-state index >= 15 is 0 Å². The van der Waals surface area contributed by atoms with Crippen molar-refractivity contribution in [3.8, 4) is 0 Å². The highest BCUT2D eigenvalue weighted by Crippen LogP contribution is 2.30. The molecule has 0 fully saturated rings. The second-order valence-corrected chi connectivity index (χ2v) is 5.78. The van der Waals surface area contributed by atoms with E-state index in [-0.39, 0.29) is 24.9 Å². The number of benzene rings is 1. The van der Waals surface area contributed by atoms with Crippen LogP contribution in [-0.2, 0) is 20.8 Å². The maximum Gasteiger partial charge on any atom is 0.321 e. The van der Waals surface area contributed by atoms with Crippen molar-refractivity contribution in [2.24, 2.45) is 5.41 Å². The highest BCUT2D eigenvalue weighted by atomic mass is 16.6. The zero-order valence-electron chi connectivity index (χ0n) is 13.9. The smallest absolute Gasteiger partial charge is 0.321 e. The number of nitro groups is 1. The number of non-ortho nitro benzene ring substituents is 1. The lowest BCUT2D eigenvalue weighted by atomic mass is 9.78. The Labute approximate surface area is 143 Å². The minimum atomic E-state index is -2.05. The van der Waals surface area contributed by atoms with Crippen LogP contribution in [0.15, 0.2) is 24.3 Å². The number of nitrogens with one attached hydrogen (secondary N) is 1. The van der Waals surface area contributed by atoms with E-state index in [0.717, 1.165) is 0 Å². The number of carbonyl (C=O) groups is 3. The first kappa shape index (κ1) is 20.1. The Morgan fingerprint density at radius 1 is 1.28 bits per heavy atom. The molecule has 136 valence electrons. The highest BCUT2D eigenvalue weighted by Gasteiger charge is 2.46. The van der Waals surface area contributed by atoms with Crippen LogP contribution in [0.1, 0.15) is 32.3 Å². The Hall–Kier alpha value is -2.97. The number of carboxylic acids is 2. The summed E-state index contributed by atoms with van der Waals surface area (Å²) in [5, 5.41) is 32.1. The predicted molar refractivity (Wildman–Crippen MR) is 87.0 cm³/mol. The number of aliphatic carboxylic acids is 2. The van der Waals surface area contributed by atoms with Crippen LogP contribution in [0.3, 0.4) is 0 Å². The van der Waals surface area contributed by atoms with Crippen LogP contribution in [0, 0.1) is 15.5 Å². The van der Waals surface area contributed by atoms with Crippen LogP contribution in [0.25, 0.3) is 0 Å². The van der Waals surface area contributed by atoms with Gasteiger partial charge in [-0.25, -0.2) is 0 Å². The molecule has 1 aromatic rings. The summed E-state index contributed by atoms with van der Waals surface area (Å²) >= 11 is 0. The SMILES string of the molecule is CCC(CC(Cc1cccc([N+](=O)[O-])c1)NC(C)=O)(C(=O)O)C(=O)O. The molecule has 0 aromatic heterocycles. The zero-order chi connectivity index (χ0) is 19.2. The molecule has 0 aliphatic heterocycles. The van der Waals surface area contributed by atoms with Crippen LogP contribution in [0.2, 0.25) is 0 Å². The number of amides is 1. The molecule has 0 radical (unpaired) electrons. The number of nitrogens with zero attached hydrogens (tertiary/aromatic N) is 1. The second-order valence-electron chi connectivity index (χ2n) is 5.78. The molecule has 0 heterocycles. The van der Waals surface area contributed by atoms with Crippen molar-refractivity contribution in [3.05, 3.63) is 39.9 Å². The monoisotopic (exact) mass is 352 g/mol. The average Bonchev–Trinajstić information content (AvgIpc) is 2.51. The third kappa shape index (κ3) is 5.00. The fourth-order valence-electron chi connectivity index (χ4n) is 2.68. The molecular formula is C16H20N2O7. The van der Waals surface area contributed by atoms with E-state index in [2.05, 4.69) is 5.32 Å². The Morgan fingerprint density at radius 2 is 1.88 bits per heavy atom. The maximum atomic E-state index is 11.5. The fourth-order valence-corrected chi connectivity index (χ4v) is 2.68. The molecule has 9 nitrogen and oxygen atoms in total. The van der Waals surface area contributed by atoms with E-state index < -0.39 is 34.2 Å². The minimum Gasteiger partial charge on any atom is -0.480 e. The average molecular weight is 352 g/mol. The van der Waals surface area contributed by atoms with Crippen LogP contribution in [0.4, 0.5) is 5.69 Å².